The van der Waals surface area contributed by atoms with Crippen LogP contribution in [0.15, 0.2) is 66.7 Å². The predicted molar refractivity (Wildman–Crippen MR) is 104 cm³/mol. The summed E-state index contributed by atoms with van der Waals surface area (Å²) in [5.41, 5.74) is 2.39. The van der Waals surface area contributed by atoms with Crippen LogP contribution in [0.25, 0.3) is 0 Å². The molecule has 0 fully saturated rings. The Kier molecular flexibility index (Phi) is 4.84. The zero-order chi connectivity index (χ0) is 19.7. The Hall–Kier alpha value is -3.18. The summed E-state index contributed by atoms with van der Waals surface area (Å²) >= 11 is 5.91. The van der Waals surface area contributed by atoms with E-state index in [4.69, 9.17) is 16.3 Å². The van der Waals surface area contributed by atoms with Crippen molar-refractivity contribution >= 4 is 29.2 Å². The maximum Gasteiger partial charge on any atom is 0.339 e. The number of halogens is 2. The Morgan fingerprint density at radius 3 is 2.57 bits per heavy atom. The van der Waals surface area contributed by atoms with Crippen molar-refractivity contribution in [1.82, 2.24) is 0 Å². The number of para-hydroxylation sites is 1. The molecule has 1 heterocycles. The smallest absolute Gasteiger partial charge is 0.339 e. The van der Waals surface area contributed by atoms with E-state index >= 15 is 0 Å². The first-order valence-corrected chi connectivity index (χ1v) is 9.04. The molecular formula is C22H15ClFNO3. The number of hydrogen-bond donors (Lipinski definition) is 1. The lowest BCUT2D eigenvalue weighted by Gasteiger charge is -2.25. The lowest BCUT2D eigenvalue weighted by molar-refractivity contribution is 0.0252. The minimum Gasteiger partial charge on any atom is -0.454 e. The van der Waals surface area contributed by atoms with E-state index in [0.29, 0.717) is 28.1 Å². The number of amides is 1. The molecule has 3 aromatic carbocycles. The summed E-state index contributed by atoms with van der Waals surface area (Å²) in [7, 11) is 0. The van der Waals surface area contributed by atoms with Gasteiger partial charge in [-0.25, -0.2) is 9.18 Å². The molecule has 1 amide bonds. The van der Waals surface area contributed by atoms with Crippen molar-refractivity contribution in [2.24, 2.45) is 0 Å². The number of fused-ring (bicyclic) bond motifs is 1. The first kappa shape index (κ1) is 18.2. The van der Waals surface area contributed by atoms with Crippen LogP contribution in [0.2, 0.25) is 5.02 Å². The van der Waals surface area contributed by atoms with Crippen LogP contribution in [0.3, 0.4) is 0 Å². The SMILES string of the molecule is O=C(Nc1ccccc1F)c1ccc2c(c1)C[C@H](c1ccc(Cl)cc1)OC2=O. The van der Waals surface area contributed by atoms with E-state index < -0.39 is 23.8 Å². The van der Waals surface area contributed by atoms with E-state index in [2.05, 4.69) is 5.32 Å². The monoisotopic (exact) mass is 395 g/mol. The summed E-state index contributed by atoms with van der Waals surface area (Å²) in [6.07, 6.45) is -0.0223. The lowest BCUT2D eigenvalue weighted by Crippen LogP contribution is -2.23. The molecule has 0 bridgehead atoms. The lowest BCUT2D eigenvalue weighted by atomic mass is 9.93. The van der Waals surface area contributed by atoms with E-state index in [9.17, 15) is 14.0 Å². The molecule has 0 aromatic heterocycles. The highest BCUT2D eigenvalue weighted by Gasteiger charge is 2.28. The molecule has 1 aliphatic rings. The van der Waals surface area contributed by atoms with Crippen molar-refractivity contribution in [2.75, 3.05) is 5.32 Å². The third-order valence-electron chi connectivity index (χ3n) is 4.61. The molecule has 1 aliphatic heterocycles. The highest BCUT2D eigenvalue weighted by molar-refractivity contribution is 6.30. The van der Waals surface area contributed by atoms with Crippen LogP contribution in [0.4, 0.5) is 10.1 Å². The van der Waals surface area contributed by atoms with Gasteiger partial charge in [-0.3, -0.25) is 4.79 Å². The Labute approximate surface area is 165 Å². The molecule has 1 atom stereocenters. The number of benzene rings is 3. The topological polar surface area (TPSA) is 55.4 Å². The molecule has 4 rings (SSSR count). The quantitative estimate of drug-likeness (QED) is 0.621. The number of rotatable bonds is 3. The van der Waals surface area contributed by atoms with Crippen LogP contribution in [0.5, 0.6) is 0 Å². The van der Waals surface area contributed by atoms with Gasteiger partial charge in [0.1, 0.15) is 11.9 Å². The normalized spacial score (nSPS) is 15.5. The van der Waals surface area contributed by atoms with Crippen molar-refractivity contribution in [3.63, 3.8) is 0 Å². The minimum atomic E-state index is -0.514. The van der Waals surface area contributed by atoms with Crippen LogP contribution in [-0.2, 0) is 11.2 Å². The molecule has 0 radical (unpaired) electrons. The number of esters is 1. The predicted octanol–water partition coefficient (Wildman–Crippen LogP) is 5.19. The summed E-state index contributed by atoms with van der Waals surface area (Å²) in [5, 5.41) is 3.14. The van der Waals surface area contributed by atoms with Crippen LogP contribution >= 0.6 is 11.6 Å². The number of cyclic esters (lactones) is 1. The minimum absolute atomic E-state index is 0.101. The molecule has 0 spiro atoms. The van der Waals surface area contributed by atoms with Gasteiger partial charge in [0, 0.05) is 17.0 Å². The van der Waals surface area contributed by atoms with Gasteiger partial charge in [-0.05, 0) is 53.6 Å². The average molecular weight is 396 g/mol. The first-order valence-electron chi connectivity index (χ1n) is 8.66. The third kappa shape index (κ3) is 3.62. The molecule has 1 N–H and O–H groups in total. The molecule has 4 nitrogen and oxygen atoms in total. The van der Waals surface area contributed by atoms with Crippen LogP contribution < -0.4 is 5.32 Å². The maximum atomic E-state index is 13.8. The summed E-state index contributed by atoms with van der Waals surface area (Å²) in [6.45, 7) is 0. The van der Waals surface area contributed by atoms with E-state index in [0.717, 1.165) is 5.56 Å². The van der Waals surface area contributed by atoms with Crippen molar-refractivity contribution < 1.29 is 18.7 Å². The summed E-state index contributed by atoms with van der Waals surface area (Å²) in [4.78, 5) is 24.9. The molecule has 0 aliphatic carbocycles. The van der Waals surface area contributed by atoms with Crippen LogP contribution in [0.1, 0.15) is 37.9 Å². The van der Waals surface area contributed by atoms with Crippen molar-refractivity contribution in [2.45, 2.75) is 12.5 Å². The van der Waals surface area contributed by atoms with E-state index in [1.807, 2.05) is 0 Å². The van der Waals surface area contributed by atoms with Gasteiger partial charge >= 0.3 is 5.97 Å². The van der Waals surface area contributed by atoms with Crippen molar-refractivity contribution in [3.05, 3.63) is 99.8 Å². The molecule has 140 valence electrons. The van der Waals surface area contributed by atoms with E-state index in [1.54, 1.807) is 48.5 Å². The zero-order valence-electron chi connectivity index (χ0n) is 14.6. The Morgan fingerprint density at radius 2 is 1.82 bits per heavy atom. The van der Waals surface area contributed by atoms with E-state index in [1.165, 1.54) is 18.2 Å². The number of ether oxygens (including phenoxy) is 1. The van der Waals surface area contributed by atoms with Crippen molar-refractivity contribution in [1.29, 1.82) is 0 Å². The van der Waals surface area contributed by atoms with Crippen molar-refractivity contribution in [3.8, 4) is 0 Å². The van der Waals surface area contributed by atoms with Gasteiger partial charge in [0.2, 0.25) is 0 Å². The molecule has 0 saturated carbocycles. The molecule has 0 unspecified atom stereocenters. The second-order valence-electron chi connectivity index (χ2n) is 6.46. The molecular weight excluding hydrogens is 381 g/mol. The van der Waals surface area contributed by atoms with Gasteiger partial charge in [-0.15, -0.1) is 0 Å². The van der Waals surface area contributed by atoms with Gasteiger partial charge < -0.3 is 10.1 Å². The number of hydrogen-bond acceptors (Lipinski definition) is 3. The van der Waals surface area contributed by atoms with E-state index in [-0.39, 0.29) is 5.69 Å². The summed E-state index contributed by atoms with van der Waals surface area (Å²) in [6, 6.07) is 17.8. The van der Waals surface area contributed by atoms with Crippen LogP contribution in [-0.4, -0.2) is 11.9 Å². The molecule has 3 aromatic rings. The van der Waals surface area contributed by atoms with Gasteiger partial charge in [0.25, 0.3) is 5.91 Å². The number of nitrogens with one attached hydrogen (secondary N) is 1. The fourth-order valence-electron chi connectivity index (χ4n) is 3.16. The summed E-state index contributed by atoms with van der Waals surface area (Å²) < 4.78 is 19.3. The standard InChI is InChI=1S/C22H15ClFNO3/c23-16-8-5-13(6-9-16)20-12-15-11-14(7-10-17(15)22(27)28-20)21(26)25-19-4-2-1-3-18(19)24/h1-11,20H,12H2,(H,25,26)/t20-/m1/s1. The maximum absolute atomic E-state index is 13.8. The Balaban J connectivity index is 1.60. The molecule has 28 heavy (non-hydrogen) atoms. The van der Waals surface area contributed by atoms with Gasteiger partial charge in [-0.2, -0.15) is 0 Å². The average Bonchev–Trinajstić information content (AvgIpc) is 2.69. The van der Waals surface area contributed by atoms with Crippen LogP contribution in [0, 0.1) is 5.82 Å². The molecule has 0 saturated heterocycles. The second-order valence-corrected chi connectivity index (χ2v) is 6.89. The highest BCUT2D eigenvalue weighted by Crippen LogP contribution is 2.31. The largest absolute Gasteiger partial charge is 0.454 e. The zero-order valence-corrected chi connectivity index (χ0v) is 15.4. The summed E-state index contributed by atoms with van der Waals surface area (Å²) in [5.74, 6) is -1.41. The molecule has 6 heteroatoms. The fraction of sp³-hybridized carbons (Fsp3) is 0.0909. The first-order chi connectivity index (χ1) is 13.5. The number of anilines is 1. The number of carbonyl (C=O) groups excluding carboxylic acids is 2. The van der Waals surface area contributed by atoms with Gasteiger partial charge in [0.05, 0.1) is 11.3 Å². The fourth-order valence-corrected chi connectivity index (χ4v) is 3.28. The Morgan fingerprint density at radius 1 is 1.07 bits per heavy atom. The second kappa shape index (κ2) is 7.44. The highest BCUT2D eigenvalue weighted by atomic mass is 35.5. The Bertz CT molecular complexity index is 1070. The van der Waals surface area contributed by atoms with Gasteiger partial charge in [-0.1, -0.05) is 35.9 Å². The third-order valence-corrected chi connectivity index (χ3v) is 4.86. The van der Waals surface area contributed by atoms with Gasteiger partial charge in [0.15, 0.2) is 0 Å². The number of carbonyl (C=O) groups is 2.